The molecule has 0 spiro atoms. The zero-order valence-electron chi connectivity index (χ0n) is 16.9. The average molecular weight is 397 g/mol. The monoisotopic (exact) mass is 396 g/mol. The van der Waals surface area contributed by atoms with Crippen molar-refractivity contribution < 1.29 is 14.4 Å². The molecule has 1 atom stereocenters. The summed E-state index contributed by atoms with van der Waals surface area (Å²) in [6, 6.07) is 0.373. The van der Waals surface area contributed by atoms with E-state index in [9.17, 15) is 14.4 Å². The summed E-state index contributed by atoms with van der Waals surface area (Å²) in [6.07, 6.45) is 14.1. The zero-order valence-corrected chi connectivity index (χ0v) is 17.7. The number of carbonyl (C=O) groups is 3. The topological polar surface area (TPSA) is 57.7 Å². The third-order valence-corrected chi connectivity index (χ3v) is 6.97. The fraction of sp³-hybridized carbons (Fsp3) is 0.857. The summed E-state index contributed by atoms with van der Waals surface area (Å²) in [7, 11) is 0. The van der Waals surface area contributed by atoms with Crippen molar-refractivity contribution in [1.29, 1.82) is 0 Å². The maximum atomic E-state index is 12.5. The molecule has 27 heavy (non-hydrogen) atoms. The number of imide groups is 1. The van der Waals surface area contributed by atoms with E-state index in [1.807, 2.05) is 4.90 Å². The molecule has 1 saturated heterocycles. The highest BCUT2D eigenvalue weighted by molar-refractivity contribution is 8.00. The molecule has 5 nitrogen and oxygen atoms in total. The van der Waals surface area contributed by atoms with Crippen molar-refractivity contribution in [3.8, 4) is 0 Å². The van der Waals surface area contributed by atoms with E-state index < -0.39 is 0 Å². The van der Waals surface area contributed by atoms with Crippen LogP contribution in [-0.2, 0) is 14.4 Å². The zero-order chi connectivity index (χ0) is 19.5. The molecule has 1 aliphatic carbocycles. The lowest BCUT2D eigenvalue weighted by atomic mass is 10.1. The minimum absolute atomic E-state index is 0.0190. The third kappa shape index (κ3) is 7.13. The molecule has 154 valence electrons. The van der Waals surface area contributed by atoms with E-state index in [0.717, 1.165) is 37.8 Å². The van der Waals surface area contributed by atoms with Crippen molar-refractivity contribution >= 4 is 30.0 Å². The van der Waals surface area contributed by atoms with Crippen molar-refractivity contribution in [2.75, 3.05) is 18.8 Å². The van der Waals surface area contributed by atoms with Crippen molar-refractivity contribution in [2.24, 2.45) is 0 Å². The summed E-state index contributed by atoms with van der Waals surface area (Å²) in [5, 5.41) is -0.251. The van der Waals surface area contributed by atoms with Crippen LogP contribution in [-0.4, -0.2) is 58.2 Å². The minimum Gasteiger partial charge on any atom is -0.341 e. The summed E-state index contributed by atoms with van der Waals surface area (Å²) in [4.78, 5) is 39.4. The predicted octanol–water partition coefficient (Wildman–Crippen LogP) is 4.00. The highest BCUT2D eigenvalue weighted by Gasteiger charge is 2.38. The number of thioether (sulfide) groups is 1. The first kappa shape index (κ1) is 22.3. The number of carbonyl (C=O) groups excluding carboxylic acids is 3. The standard InChI is InChI=1S/C21H36N2O3S/c1-2-3-4-5-6-7-10-13-23-20(25)16-19(21(23)26)27-15-14-22(17-24)18-11-8-9-12-18/h17-19H,2-16H2,1H3. The largest absolute Gasteiger partial charge is 0.341 e. The van der Waals surface area contributed by atoms with Gasteiger partial charge in [0.25, 0.3) is 0 Å². The summed E-state index contributed by atoms with van der Waals surface area (Å²) in [5.41, 5.74) is 0. The lowest BCUT2D eigenvalue weighted by molar-refractivity contribution is -0.138. The second kappa shape index (κ2) is 12.4. The van der Waals surface area contributed by atoms with Crippen LogP contribution in [0.4, 0.5) is 0 Å². The Hall–Kier alpha value is -1.04. The molecular weight excluding hydrogens is 360 g/mol. The van der Waals surface area contributed by atoms with Crippen molar-refractivity contribution in [3.05, 3.63) is 0 Å². The molecule has 0 aromatic carbocycles. The number of hydrogen-bond donors (Lipinski definition) is 0. The Bertz CT molecular complexity index is 480. The second-order valence-corrected chi connectivity index (χ2v) is 9.16. The lowest BCUT2D eigenvalue weighted by Gasteiger charge is -2.24. The quantitative estimate of drug-likeness (QED) is 0.253. The Morgan fingerprint density at radius 1 is 1.07 bits per heavy atom. The Kier molecular flexibility index (Phi) is 10.2. The number of likely N-dealkylation sites (tertiary alicyclic amines) is 1. The first-order chi connectivity index (χ1) is 13.2. The van der Waals surface area contributed by atoms with Crippen molar-refractivity contribution in [3.63, 3.8) is 0 Å². The first-order valence-corrected chi connectivity index (χ1v) is 11.9. The number of unbranched alkanes of at least 4 members (excludes halogenated alkanes) is 6. The summed E-state index contributed by atoms with van der Waals surface area (Å²) < 4.78 is 0. The Balaban J connectivity index is 1.63. The molecule has 2 aliphatic rings. The van der Waals surface area contributed by atoms with Gasteiger partial charge in [-0.05, 0) is 19.3 Å². The highest BCUT2D eigenvalue weighted by Crippen LogP contribution is 2.27. The summed E-state index contributed by atoms with van der Waals surface area (Å²) >= 11 is 1.54. The number of rotatable bonds is 14. The number of nitrogens with zero attached hydrogens (tertiary/aromatic N) is 2. The van der Waals surface area contributed by atoms with Crippen molar-refractivity contribution in [1.82, 2.24) is 9.80 Å². The maximum Gasteiger partial charge on any atom is 0.242 e. The van der Waals surface area contributed by atoms with Crippen LogP contribution in [0, 0.1) is 0 Å². The minimum atomic E-state index is -0.251. The van der Waals surface area contributed by atoms with Crippen molar-refractivity contribution in [2.45, 2.75) is 95.3 Å². The smallest absolute Gasteiger partial charge is 0.242 e. The molecule has 1 unspecified atom stereocenters. The second-order valence-electron chi connectivity index (χ2n) is 7.85. The number of amides is 3. The SMILES string of the molecule is CCCCCCCCCN1C(=O)CC(SCCN(C=O)C2CCCC2)C1=O. The molecular formula is C21H36N2O3S. The van der Waals surface area contributed by atoms with Crippen LogP contribution < -0.4 is 0 Å². The number of hydrogen-bond acceptors (Lipinski definition) is 4. The molecule has 1 heterocycles. The van der Waals surface area contributed by atoms with Crippen LogP contribution in [0.15, 0.2) is 0 Å². The molecule has 2 fully saturated rings. The van der Waals surface area contributed by atoms with E-state index >= 15 is 0 Å². The molecule has 0 radical (unpaired) electrons. The van der Waals surface area contributed by atoms with Gasteiger partial charge >= 0.3 is 0 Å². The van der Waals surface area contributed by atoms with Crippen LogP contribution in [0.3, 0.4) is 0 Å². The normalized spacial score (nSPS) is 20.6. The maximum absolute atomic E-state index is 12.5. The van der Waals surface area contributed by atoms with Gasteiger partial charge in [-0.2, -0.15) is 0 Å². The van der Waals surface area contributed by atoms with E-state index in [1.165, 1.54) is 49.8 Å². The van der Waals surface area contributed by atoms with Crippen LogP contribution >= 0.6 is 11.8 Å². The molecule has 3 amide bonds. The fourth-order valence-electron chi connectivity index (χ4n) is 4.10. The molecule has 0 N–H and O–H groups in total. The molecule has 1 aliphatic heterocycles. The molecule has 6 heteroatoms. The molecule has 0 bridgehead atoms. The first-order valence-electron chi connectivity index (χ1n) is 10.8. The van der Waals surface area contributed by atoms with E-state index in [2.05, 4.69) is 6.92 Å². The van der Waals surface area contributed by atoms with Gasteiger partial charge in [0.2, 0.25) is 18.2 Å². The van der Waals surface area contributed by atoms with E-state index in [4.69, 9.17) is 0 Å². The lowest BCUT2D eigenvalue weighted by Crippen LogP contribution is -2.35. The van der Waals surface area contributed by atoms with Crippen LogP contribution in [0.25, 0.3) is 0 Å². The van der Waals surface area contributed by atoms with Gasteiger partial charge in [-0.1, -0.05) is 58.3 Å². The van der Waals surface area contributed by atoms with Crippen LogP contribution in [0.5, 0.6) is 0 Å². The Labute approximate surface area is 168 Å². The predicted molar refractivity (Wildman–Crippen MR) is 111 cm³/mol. The van der Waals surface area contributed by atoms with E-state index in [1.54, 1.807) is 11.8 Å². The van der Waals surface area contributed by atoms with Gasteiger partial charge in [0.15, 0.2) is 0 Å². The van der Waals surface area contributed by atoms with E-state index in [-0.39, 0.29) is 17.1 Å². The summed E-state index contributed by atoms with van der Waals surface area (Å²) in [6.45, 7) is 3.46. The van der Waals surface area contributed by atoms with Gasteiger partial charge in [-0.15, -0.1) is 11.8 Å². The van der Waals surface area contributed by atoms with Crippen LogP contribution in [0.1, 0.15) is 84.0 Å². The Morgan fingerprint density at radius 2 is 1.74 bits per heavy atom. The molecule has 0 aromatic heterocycles. The highest BCUT2D eigenvalue weighted by atomic mass is 32.2. The third-order valence-electron chi connectivity index (χ3n) is 5.79. The fourth-order valence-corrected chi connectivity index (χ4v) is 5.23. The van der Waals surface area contributed by atoms with Gasteiger partial charge in [0.1, 0.15) is 0 Å². The van der Waals surface area contributed by atoms with Gasteiger partial charge in [0.05, 0.1) is 5.25 Å². The van der Waals surface area contributed by atoms with Gasteiger partial charge in [-0.3, -0.25) is 19.3 Å². The van der Waals surface area contributed by atoms with Crippen LogP contribution in [0.2, 0.25) is 0 Å². The van der Waals surface area contributed by atoms with Gasteiger partial charge in [-0.25, -0.2) is 0 Å². The molecule has 1 saturated carbocycles. The van der Waals surface area contributed by atoms with E-state index in [0.29, 0.717) is 25.6 Å². The van der Waals surface area contributed by atoms with Gasteiger partial charge in [0, 0.05) is 31.3 Å². The molecule has 2 rings (SSSR count). The van der Waals surface area contributed by atoms with Gasteiger partial charge < -0.3 is 4.90 Å². The Morgan fingerprint density at radius 3 is 2.41 bits per heavy atom. The summed E-state index contributed by atoms with van der Waals surface area (Å²) in [5.74, 6) is 0.686. The molecule has 0 aromatic rings. The average Bonchev–Trinajstić information content (AvgIpc) is 3.28.